The fraction of sp³-hybridized carbons (Fsp3) is 0.500. The average Bonchev–Trinajstić information content (AvgIpc) is 3.26. The highest BCUT2D eigenvalue weighted by atomic mass is 16.6. The molecule has 1 aromatic carbocycles. The zero-order chi connectivity index (χ0) is 20.9. The highest BCUT2D eigenvalue weighted by Crippen LogP contribution is 2.32. The van der Waals surface area contributed by atoms with Gasteiger partial charge in [0.1, 0.15) is 0 Å². The Kier molecular flexibility index (Phi) is 6.24. The van der Waals surface area contributed by atoms with Gasteiger partial charge in [-0.05, 0) is 18.4 Å². The minimum absolute atomic E-state index is 0.106. The third-order valence-electron chi connectivity index (χ3n) is 5.51. The molecule has 30 heavy (non-hydrogen) atoms. The van der Waals surface area contributed by atoms with E-state index in [9.17, 15) is 10.1 Å². The number of aromatic nitrogens is 2. The maximum Gasteiger partial charge on any atom is 0.353 e. The number of hydrogen-bond donors (Lipinski definition) is 2. The molecule has 3 heterocycles. The molecule has 4 rings (SSSR count). The van der Waals surface area contributed by atoms with Crippen molar-refractivity contribution in [2.24, 2.45) is 0 Å². The van der Waals surface area contributed by atoms with Crippen LogP contribution in [0.4, 0.5) is 23.3 Å². The number of piperazine rings is 1. The Labute approximate surface area is 175 Å². The molecule has 0 spiro atoms. The predicted molar refractivity (Wildman–Crippen MR) is 114 cm³/mol. The standard InChI is InChI=1S/C20H27N7O3/c21-18-17(27(28)29)19(24-20(23-18)22-13-16-7-4-12-30-16)26-10-8-25(9-11-26)14-15-5-2-1-3-6-15/h1-3,5-6,16H,4,7-14H2,(H3,21,22,23,24). The van der Waals surface area contributed by atoms with Gasteiger partial charge in [-0.2, -0.15) is 9.97 Å². The summed E-state index contributed by atoms with van der Waals surface area (Å²) in [6, 6.07) is 10.3. The molecule has 0 bridgehead atoms. The van der Waals surface area contributed by atoms with Crippen molar-refractivity contribution in [3.8, 4) is 0 Å². The number of benzene rings is 1. The molecule has 2 fully saturated rings. The minimum Gasteiger partial charge on any atom is -0.378 e. The van der Waals surface area contributed by atoms with Crippen LogP contribution in [0.1, 0.15) is 18.4 Å². The van der Waals surface area contributed by atoms with Crippen molar-refractivity contribution in [1.29, 1.82) is 0 Å². The number of anilines is 3. The third kappa shape index (κ3) is 4.77. The monoisotopic (exact) mass is 413 g/mol. The lowest BCUT2D eigenvalue weighted by Crippen LogP contribution is -2.46. The number of nitro groups is 1. The molecular formula is C20H27N7O3. The van der Waals surface area contributed by atoms with Crippen LogP contribution in [-0.2, 0) is 11.3 Å². The van der Waals surface area contributed by atoms with E-state index in [1.807, 2.05) is 23.1 Å². The minimum atomic E-state index is -0.495. The number of rotatable bonds is 7. The van der Waals surface area contributed by atoms with E-state index in [0.717, 1.165) is 39.1 Å². The van der Waals surface area contributed by atoms with Crippen molar-refractivity contribution in [3.05, 3.63) is 46.0 Å². The van der Waals surface area contributed by atoms with Crippen LogP contribution in [0.15, 0.2) is 30.3 Å². The van der Waals surface area contributed by atoms with Crippen LogP contribution < -0.4 is 16.0 Å². The lowest BCUT2D eigenvalue weighted by atomic mass is 10.2. The van der Waals surface area contributed by atoms with Crippen LogP contribution in [0.3, 0.4) is 0 Å². The van der Waals surface area contributed by atoms with Crippen LogP contribution in [-0.4, -0.2) is 65.2 Å². The summed E-state index contributed by atoms with van der Waals surface area (Å²) in [7, 11) is 0. The van der Waals surface area contributed by atoms with E-state index in [1.54, 1.807) is 0 Å². The van der Waals surface area contributed by atoms with Gasteiger partial charge in [0.15, 0.2) is 0 Å². The zero-order valence-electron chi connectivity index (χ0n) is 16.9. The molecule has 2 saturated heterocycles. The van der Waals surface area contributed by atoms with Crippen LogP contribution in [0.2, 0.25) is 0 Å². The molecule has 1 unspecified atom stereocenters. The summed E-state index contributed by atoms with van der Waals surface area (Å²) in [5.74, 6) is 0.462. The van der Waals surface area contributed by atoms with Gasteiger partial charge in [0, 0.05) is 45.9 Å². The Morgan fingerprint density at radius 3 is 2.63 bits per heavy atom. The van der Waals surface area contributed by atoms with Crippen LogP contribution >= 0.6 is 0 Å². The normalized spacial score (nSPS) is 19.7. The lowest BCUT2D eigenvalue weighted by Gasteiger charge is -2.35. The highest BCUT2D eigenvalue weighted by molar-refractivity contribution is 5.71. The van der Waals surface area contributed by atoms with E-state index in [2.05, 4.69) is 32.3 Å². The topological polar surface area (TPSA) is 123 Å². The molecule has 0 amide bonds. The first-order valence-electron chi connectivity index (χ1n) is 10.3. The van der Waals surface area contributed by atoms with E-state index in [4.69, 9.17) is 10.5 Å². The van der Waals surface area contributed by atoms with Crippen LogP contribution in [0.5, 0.6) is 0 Å². The Morgan fingerprint density at radius 2 is 1.97 bits per heavy atom. The lowest BCUT2D eigenvalue weighted by molar-refractivity contribution is -0.383. The number of nitrogens with zero attached hydrogens (tertiary/aromatic N) is 5. The van der Waals surface area contributed by atoms with E-state index in [1.165, 1.54) is 5.56 Å². The van der Waals surface area contributed by atoms with Gasteiger partial charge in [-0.3, -0.25) is 15.0 Å². The maximum atomic E-state index is 11.6. The first kappa shape index (κ1) is 20.3. The number of nitrogen functional groups attached to an aromatic ring is 1. The van der Waals surface area contributed by atoms with Crippen molar-refractivity contribution in [3.63, 3.8) is 0 Å². The molecule has 0 radical (unpaired) electrons. The summed E-state index contributed by atoms with van der Waals surface area (Å²) in [6.45, 7) is 5.01. The molecule has 160 valence electrons. The van der Waals surface area contributed by atoms with E-state index in [-0.39, 0.29) is 23.4 Å². The second-order valence-corrected chi connectivity index (χ2v) is 7.63. The fourth-order valence-corrected chi connectivity index (χ4v) is 3.90. The Balaban J connectivity index is 1.45. The number of hydrogen-bond acceptors (Lipinski definition) is 9. The van der Waals surface area contributed by atoms with Crippen molar-refractivity contribution < 1.29 is 9.66 Å². The zero-order valence-corrected chi connectivity index (χ0v) is 16.9. The quantitative estimate of drug-likeness (QED) is 0.517. The summed E-state index contributed by atoms with van der Waals surface area (Å²) in [5.41, 5.74) is 6.97. The first-order valence-corrected chi connectivity index (χ1v) is 10.3. The van der Waals surface area contributed by atoms with Crippen LogP contribution in [0, 0.1) is 10.1 Å². The van der Waals surface area contributed by atoms with Gasteiger partial charge in [-0.15, -0.1) is 0 Å². The van der Waals surface area contributed by atoms with Crippen LogP contribution in [0.25, 0.3) is 0 Å². The van der Waals surface area contributed by atoms with E-state index >= 15 is 0 Å². The molecule has 1 atom stereocenters. The molecule has 10 nitrogen and oxygen atoms in total. The first-order chi connectivity index (χ1) is 14.6. The fourth-order valence-electron chi connectivity index (χ4n) is 3.90. The van der Waals surface area contributed by atoms with Crippen molar-refractivity contribution >= 4 is 23.3 Å². The largest absolute Gasteiger partial charge is 0.378 e. The molecule has 0 saturated carbocycles. The van der Waals surface area contributed by atoms with Gasteiger partial charge in [-0.1, -0.05) is 30.3 Å². The summed E-state index contributed by atoms with van der Waals surface area (Å²) in [4.78, 5) is 24.0. The molecule has 2 aromatic rings. The van der Waals surface area contributed by atoms with Gasteiger partial charge >= 0.3 is 5.69 Å². The van der Waals surface area contributed by atoms with Gasteiger partial charge in [-0.25, -0.2) is 0 Å². The smallest absolute Gasteiger partial charge is 0.353 e. The number of nitrogens with two attached hydrogens (primary N) is 1. The third-order valence-corrected chi connectivity index (χ3v) is 5.51. The summed E-state index contributed by atoms with van der Waals surface area (Å²) in [5, 5.41) is 14.8. The van der Waals surface area contributed by atoms with Gasteiger partial charge in [0.25, 0.3) is 0 Å². The second kappa shape index (κ2) is 9.23. The molecule has 2 aliphatic rings. The SMILES string of the molecule is Nc1nc(NCC2CCCO2)nc(N2CCN(Cc3ccccc3)CC2)c1[N+](=O)[O-]. The number of ether oxygens (including phenoxy) is 1. The van der Waals surface area contributed by atoms with Crippen molar-refractivity contribution in [1.82, 2.24) is 14.9 Å². The number of nitrogens with one attached hydrogen (secondary N) is 1. The maximum absolute atomic E-state index is 11.6. The summed E-state index contributed by atoms with van der Waals surface area (Å²) < 4.78 is 5.60. The summed E-state index contributed by atoms with van der Waals surface area (Å²) >= 11 is 0. The summed E-state index contributed by atoms with van der Waals surface area (Å²) in [6.07, 6.45) is 2.12. The Hall–Kier alpha value is -2.98. The van der Waals surface area contributed by atoms with E-state index < -0.39 is 4.92 Å². The predicted octanol–water partition coefficient (Wildman–Crippen LogP) is 1.88. The molecular weight excluding hydrogens is 386 g/mol. The van der Waals surface area contributed by atoms with Gasteiger partial charge in [0.2, 0.25) is 17.6 Å². The highest BCUT2D eigenvalue weighted by Gasteiger charge is 2.30. The van der Waals surface area contributed by atoms with E-state index in [0.29, 0.717) is 25.6 Å². The molecule has 10 heteroatoms. The Morgan fingerprint density at radius 1 is 1.20 bits per heavy atom. The van der Waals surface area contributed by atoms with Gasteiger partial charge < -0.3 is 20.7 Å². The molecule has 0 aliphatic carbocycles. The molecule has 2 aliphatic heterocycles. The Bertz CT molecular complexity index is 866. The average molecular weight is 413 g/mol. The molecule has 3 N–H and O–H groups in total. The van der Waals surface area contributed by atoms with Crippen molar-refractivity contribution in [2.45, 2.75) is 25.5 Å². The van der Waals surface area contributed by atoms with Gasteiger partial charge in [0.05, 0.1) is 11.0 Å². The second-order valence-electron chi connectivity index (χ2n) is 7.63. The molecule has 1 aromatic heterocycles. The van der Waals surface area contributed by atoms with Crippen molar-refractivity contribution in [2.75, 3.05) is 55.3 Å².